The molecule has 0 aliphatic carbocycles. The minimum Gasteiger partial charge on any atom is -0.474 e. The molecular weight excluding hydrogens is 585 g/mol. The molecular formula is C34H40FN9O2. The van der Waals surface area contributed by atoms with E-state index in [0.717, 1.165) is 67.8 Å². The van der Waals surface area contributed by atoms with Crippen molar-refractivity contribution in [1.29, 1.82) is 0 Å². The molecule has 240 valence electrons. The lowest BCUT2D eigenvalue weighted by Gasteiger charge is -2.42. The van der Waals surface area contributed by atoms with Gasteiger partial charge in [0, 0.05) is 85.4 Å². The number of hydrogen-bond acceptors (Lipinski definition) is 9. The Morgan fingerprint density at radius 2 is 1.76 bits per heavy atom. The van der Waals surface area contributed by atoms with Crippen molar-refractivity contribution in [2.75, 3.05) is 56.5 Å². The van der Waals surface area contributed by atoms with Crippen molar-refractivity contribution in [3.05, 3.63) is 53.7 Å². The molecule has 8 rings (SSSR count). The van der Waals surface area contributed by atoms with Crippen molar-refractivity contribution in [3.63, 3.8) is 0 Å². The van der Waals surface area contributed by atoms with Crippen molar-refractivity contribution >= 4 is 34.0 Å². The van der Waals surface area contributed by atoms with E-state index < -0.39 is 0 Å². The number of aromatic nitrogens is 4. The monoisotopic (exact) mass is 625 g/mol. The van der Waals surface area contributed by atoms with Crippen LogP contribution in [0, 0.1) is 12.7 Å². The standard InChI is InChI=1S/C34H40FN9O2/c1-21-28(19-39-34-33(21)37-9-13-46-34)27-14-22-16-30(38-18-23(22)15-29(27)35)40-31-17-26-6-12-43(32(45)20-44(26)41-31)25-4-10-42(11-5-25)24-2-7-36-8-3-24/h14-19,24-25,36-37H,2-13,20H2,1H3,(H,38,40,41). The number of halogens is 1. The number of benzene rings is 1. The van der Waals surface area contributed by atoms with Gasteiger partial charge in [-0.1, -0.05) is 0 Å². The summed E-state index contributed by atoms with van der Waals surface area (Å²) in [7, 11) is 0. The lowest BCUT2D eigenvalue weighted by molar-refractivity contribution is -0.135. The molecule has 46 heavy (non-hydrogen) atoms. The third-order valence-corrected chi connectivity index (χ3v) is 10.1. The number of amides is 1. The van der Waals surface area contributed by atoms with Gasteiger partial charge in [-0.05, 0) is 74.8 Å². The first-order valence-electron chi connectivity index (χ1n) is 16.5. The molecule has 2 saturated heterocycles. The highest BCUT2D eigenvalue weighted by Gasteiger charge is 2.33. The maximum absolute atomic E-state index is 15.3. The van der Waals surface area contributed by atoms with E-state index in [9.17, 15) is 4.79 Å². The van der Waals surface area contributed by atoms with E-state index in [2.05, 4.69) is 35.7 Å². The zero-order valence-corrected chi connectivity index (χ0v) is 26.2. The van der Waals surface area contributed by atoms with Crippen LogP contribution < -0.4 is 20.7 Å². The largest absolute Gasteiger partial charge is 0.474 e. The van der Waals surface area contributed by atoms with E-state index in [1.165, 1.54) is 18.9 Å². The summed E-state index contributed by atoms with van der Waals surface area (Å²) in [6.45, 7) is 8.50. The van der Waals surface area contributed by atoms with E-state index in [1.807, 2.05) is 29.8 Å². The van der Waals surface area contributed by atoms with Crippen LogP contribution in [0.1, 0.15) is 36.9 Å². The summed E-state index contributed by atoms with van der Waals surface area (Å²) >= 11 is 0. The number of nitrogens with zero attached hydrogens (tertiary/aromatic N) is 6. The highest BCUT2D eigenvalue weighted by Crippen LogP contribution is 2.37. The van der Waals surface area contributed by atoms with E-state index in [1.54, 1.807) is 12.4 Å². The fraction of sp³-hybridized carbons (Fsp3) is 0.471. The molecule has 4 aliphatic rings. The molecule has 1 aromatic carbocycles. The van der Waals surface area contributed by atoms with Crippen molar-refractivity contribution in [2.24, 2.45) is 0 Å². The summed E-state index contributed by atoms with van der Waals surface area (Å²) in [6.07, 6.45) is 8.62. The van der Waals surface area contributed by atoms with Gasteiger partial charge in [-0.15, -0.1) is 0 Å². The molecule has 0 saturated carbocycles. The third kappa shape index (κ3) is 5.53. The van der Waals surface area contributed by atoms with Crippen LogP contribution in [0.3, 0.4) is 0 Å². The summed E-state index contributed by atoms with van der Waals surface area (Å²) in [4.78, 5) is 27.1. The second kappa shape index (κ2) is 12.1. The smallest absolute Gasteiger partial charge is 0.244 e. The molecule has 0 bridgehead atoms. The van der Waals surface area contributed by atoms with Crippen LogP contribution in [0.2, 0.25) is 0 Å². The molecule has 3 aromatic heterocycles. The summed E-state index contributed by atoms with van der Waals surface area (Å²) in [5.74, 6) is 1.59. The minimum atomic E-state index is -0.333. The molecule has 0 radical (unpaired) electrons. The van der Waals surface area contributed by atoms with Gasteiger partial charge in [0.25, 0.3) is 0 Å². The number of pyridine rings is 2. The SMILES string of the molecule is Cc1c(-c2cc3cc(Nc4cc5n(n4)CC(=O)N(C4CCN(C6CCNCC6)CC4)CC5)ncc3cc2F)cnc2c1NCCO2. The van der Waals surface area contributed by atoms with Crippen LogP contribution in [0.25, 0.3) is 21.9 Å². The van der Waals surface area contributed by atoms with Crippen molar-refractivity contribution in [3.8, 4) is 17.0 Å². The van der Waals surface area contributed by atoms with E-state index in [-0.39, 0.29) is 18.3 Å². The van der Waals surface area contributed by atoms with E-state index >= 15 is 4.39 Å². The van der Waals surface area contributed by atoms with Crippen LogP contribution in [0.4, 0.5) is 21.7 Å². The predicted molar refractivity (Wildman–Crippen MR) is 175 cm³/mol. The number of likely N-dealkylation sites (tertiary alicyclic amines) is 1. The Morgan fingerprint density at radius 3 is 2.61 bits per heavy atom. The Hall–Kier alpha value is -4.29. The molecule has 4 aliphatic heterocycles. The van der Waals surface area contributed by atoms with Gasteiger partial charge in [0.05, 0.1) is 0 Å². The summed E-state index contributed by atoms with van der Waals surface area (Å²) in [5, 5.41) is 16.4. The topological polar surface area (TPSA) is 112 Å². The van der Waals surface area contributed by atoms with Gasteiger partial charge >= 0.3 is 0 Å². The van der Waals surface area contributed by atoms with Crippen LogP contribution in [0.15, 0.2) is 36.7 Å². The summed E-state index contributed by atoms with van der Waals surface area (Å²) in [5.41, 5.74) is 3.92. The van der Waals surface area contributed by atoms with Gasteiger partial charge in [0.1, 0.15) is 30.5 Å². The lowest BCUT2D eigenvalue weighted by atomic mass is 9.97. The predicted octanol–water partition coefficient (Wildman–Crippen LogP) is 4.09. The van der Waals surface area contributed by atoms with Gasteiger partial charge in [-0.25, -0.2) is 14.4 Å². The van der Waals surface area contributed by atoms with Crippen LogP contribution in [-0.4, -0.2) is 93.4 Å². The lowest BCUT2D eigenvalue weighted by Crippen LogP contribution is -2.52. The Balaban J connectivity index is 0.957. The van der Waals surface area contributed by atoms with Crippen LogP contribution >= 0.6 is 0 Å². The average Bonchev–Trinajstić information content (AvgIpc) is 3.38. The Labute approximate surface area is 267 Å². The zero-order chi connectivity index (χ0) is 31.2. The van der Waals surface area contributed by atoms with E-state index in [4.69, 9.17) is 9.84 Å². The van der Waals surface area contributed by atoms with Crippen molar-refractivity contribution < 1.29 is 13.9 Å². The van der Waals surface area contributed by atoms with Crippen molar-refractivity contribution in [2.45, 2.75) is 57.7 Å². The first kappa shape index (κ1) is 29.1. The number of rotatable bonds is 5. The molecule has 2 fully saturated rings. The molecule has 4 aromatic rings. The zero-order valence-electron chi connectivity index (χ0n) is 26.2. The molecule has 7 heterocycles. The quantitative estimate of drug-likeness (QED) is 0.302. The molecule has 0 unspecified atom stereocenters. The summed E-state index contributed by atoms with van der Waals surface area (Å²) in [6, 6.07) is 8.24. The highest BCUT2D eigenvalue weighted by molar-refractivity contribution is 5.90. The Kier molecular flexibility index (Phi) is 7.69. The van der Waals surface area contributed by atoms with Crippen LogP contribution in [0.5, 0.6) is 5.88 Å². The van der Waals surface area contributed by atoms with Gasteiger partial charge in [0.2, 0.25) is 11.8 Å². The van der Waals surface area contributed by atoms with Gasteiger partial charge < -0.3 is 30.5 Å². The number of piperidine rings is 2. The first-order valence-corrected chi connectivity index (χ1v) is 16.5. The van der Waals surface area contributed by atoms with Gasteiger partial charge in [0.15, 0.2) is 5.82 Å². The van der Waals surface area contributed by atoms with Gasteiger partial charge in [-0.3, -0.25) is 9.48 Å². The van der Waals surface area contributed by atoms with Gasteiger partial charge in [-0.2, -0.15) is 5.10 Å². The number of ether oxygens (including phenoxy) is 1. The Bertz CT molecular complexity index is 1780. The Morgan fingerprint density at radius 1 is 0.913 bits per heavy atom. The number of nitrogens with one attached hydrogen (secondary N) is 3. The third-order valence-electron chi connectivity index (χ3n) is 10.1. The summed E-state index contributed by atoms with van der Waals surface area (Å²) < 4.78 is 22.8. The molecule has 12 heteroatoms. The molecule has 0 atom stereocenters. The molecule has 0 spiro atoms. The van der Waals surface area contributed by atoms with E-state index in [0.29, 0.717) is 65.8 Å². The van der Waals surface area contributed by atoms with Crippen LogP contribution in [-0.2, 0) is 17.8 Å². The minimum absolute atomic E-state index is 0.140. The molecule has 1 amide bonds. The fourth-order valence-electron chi connectivity index (χ4n) is 7.62. The maximum Gasteiger partial charge on any atom is 0.244 e. The second-order valence-electron chi connectivity index (χ2n) is 12.9. The number of anilines is 3. The molecule has 3 N–H and O–H groups in total. The number of carbonyl (C=O) groups excluding carboxylic acids is 1. The number of fused-ring (bicyclic) bond motifs is 3. The second-order valence-corrected chi connectivity index (χ2v) is 12.9. The molecule has 11 nitrogen and oxygen atoms in total. The van der Waals surface area contributed by atoms with Crippen molar-refractivity contribution in [1.82, 2.24) is 34.9 Å². The fourth-order valence-corrected chi connectivity index (χ4v) is 7.62. The first-order chi connectivity index (χ1) is 22.5. The highest BCUT2D eigenvalue weighted by atomic mass is 19.1. The number of carbonyl (C=O) groups is 1. The maximum atomic E-state index is 15.3. The number of hydrogen-bond donors (Lipinski definition) is 3. The normalized spacial score (nSPS) is 19.7. The average molecular weight is 626 g/mol.